The van der Waals surface area contributed by atoms with E-state index in [2.05, 4.69) is 0 Å². The smallest absolute Gasteiger partial charge is 0.243 e. The number of nitriles is 1. The van der Waals surface area contributed by atoms with E-state index in [1.54, 1.807) is 13.0 Å². The number of rotatable bonds is 2. The van der Waals surface area contributed by atoms with Crippen molar-refractivity contribution in [3.63, 3.8) is 0 Å². The average Bonchev–Trinajstić information content (AvgIpc) is 2.76. The minimum absolute atomic E-state index is 0.0848. The topological polar surface area (TPSA) is 87.2 Å². The molecule has 0 saturated carbocycles. The van der Waals surface area contributed by atoms with Crippen LogP contribution in [0.3, 0.4) is 0 Å². The molecule has 18 heavy (non-hydrogen) atoms. The molecule has 0 aliphatic carbocycles. The molecular weight excluding hydrogens is 250 g/mol. The molecule has 5 nitrogen and oxygen atoms in total. The van der Waals surface area contributed by atoms with Gasteiger partial charge in [-0.1, -0.05) is 0 Å². The molecular formula is C12H15N3O2S. The summed E-state index contributed by atoms with van der Waals surface area (Å²) in [5.41, 5.74) is 6.79. The van der Waals surface area contributed by atoms with E-state index in [4.69, 9.17) is 11.0 Å². The van der Waals surface area contributed by atoms with Crippen LogP contribution in [0.25, 0.3) is 0 Å². The van der Waals surface area contributed by atoms with Gasteiger partial charge < -0.3 is 5.73 Å². The monoisotopic (exact) mass is 265 g/mol. The van der Waals surface area contributed by atoms with Crippen molar-refractivity contribution in [1.82, 2.24) is 4.31 Å². The summed E-state index contributed by atoms with van der Waals surface area (Å²) < 4.78 is 26.2. The third kappa shape index (κ3) is 2.25. The Bertz CT molecular complexity index is 604. The van der Waals surface area contributed by atoms with E-state index in [0.717, 1.165) is 0 Å². The molecule has 96 valence electrons. The number of aryl methyl sites for hydroxylation is 1. The summed E-state index contributed by atoms with van der Waals surface area (Å²) in [5, 5.41) is 8.78. The van der Waals surface area contributed by atoms with Crippen molar-refractivity contribution in [3.05, 3.63) is 29.3 Å². The van der Waals surface area contributed by atoms with Crippen LogP contribution in [-0.2, 0) is 10.0 Å². The number of nitrogens with two attached hydrogens (primary N) is 1. The van der Waals surface area contributed by atoms with Crippen LogP contribution >= 0.6 is 0 Å². The van der Waals surface area contributed by atoms with Gasteiger partial charge in [-0.3, -0.25) is 0 Å². The molecule has 0 unspecified atom stereocenters. The molecule has 1 heterocycles. The first-order valence-corrected chi connectivity index (χ1v) is 7.15. The van der Waals surface area contributed by atoms with E-state index >= 15 is 0 Å². The van der Waals surface area contributed by atoms with Crippen LogP contribution in [0.5, 0.6) is 0 Å². The molecule has 1 aromatic rings. The van der Waals surface area contributed by atoms with Crippen LogP contribution in [0.15, 0.2) is 23.1 Å². The summed E-state index contributed by atoms with van der Waals surface area (Å²) in [6.45, 7) is 2.52. The molecule has 1 aliphatic heterocycles. The fourth-order valence-corrected chi connectivity index (χ4v) is 3.84. The van der Waals surface area contributed by atoms with Crippen molar-refractivity contribution in [1.29, 1.82) is 5.26 Å². The fourth-order valence-electron chi connectivity index (χ4n) is 2.12. The van der Waals surface area contributed by atoms with Crippen molar-refractivity contribution in [3.8, 4) is 6.07 Å². The second kappa shape index (κ2) is 4.69. The van der Waals surface area contributed by atoms with E-state index < -0.39 is 10.0 Å². The maximum Gasteiger partial charge on any atom is 0.243 e. The maximum absolute atomic E-state index is 12.4. The van der Waals surface area contributed by atoms with Crippen LogP contribution in [0.4, 0.5) is 0 Å². The van der Waals surface area contributed by atoms with Gasteiger partial charge in [0.05, 0.1) is 16.5 Å². The lowest BCUT2D eigenvalue weighted by molar-refractivity contribution is 0.472. The highest BCUT2D eigenvalue weighted by Crippen LogP contribution is 2.23. The Morgan fingerprint density at radius 3 is 2.72 bits per heavy atom. The third-order valence-electron chi connectivity index (χ3n) is 3.11. The Labute approximate surface area is 107 Å². The normalized spacial score (nSPS) is 20.8. The summed E-state index contributed by atoms with van der Waals surface area (Å²) in [5.74, 6) is 0. The molecule has 1 aromatic carbocycles. The summed E-state index contributed by atoms with van der Waals surface area (Å²) in [7, 11) is -3.48. The van der Waals surface area contributed by atoms with Crippen molar-refractivity contribution in [2.45, 2.75) is 24.3 Å². The van der Waals surface area contributed by atoms with Gasteiger partial charge in [-0.05, 0) is 37.1 Å². The summed E-state index contributed by atoms with van der Waals surface area (Å²) in [6.07, 6.45) is 0.689. The lowest BCUT2D eigenvalue weighted by atomic mass is 10.2. The van der Waals surface area contributed by atoms with Crippen molar-refractivity contribution in [2.24, 2.45) is 5.73 Å². The third-order valence-corrected chi connectivity index (χ3v) is 5.13. The average molecular weight is 265 g/mol. The Balaban J connectivity index is 2.39. The molecule has 0 spiro atoms. The van der Waals surface area contributed by atoms with Gasteiger partial charge in [0.15, 0.2) is 0 Å². The van der Waals surface area contributed by atoms with E-state index in [1.807, 2.05) is 6.07 Å². The van der Waals surface area contributed by atoms with E-state index in [1.165, 1.54) is 16.4 Å². The zero-order chi connectivity index (χ0) is 13.3. The van der Waals surface area contributed by atoms with E-state index in [-0.39, 0.29) is 10.9 Å². The molecule has 2 rings (SSSR count). The highest BCUT2D eigenvalue weighted by Gasteiger charge is 2.31. The molecule has 6 heteroatoms. The largest absolute Gasteiger partial charge is 0.326 e. The molecule has 1 fully saturated rings. The molecule has 1 atom stereocenters. The maximum atomic E-state index is 12.4. The van der Waals surface area contributed by atoms with Crippen LogP contribution in [0.2, 0.25) is 0 Å². The van der Waals surface area contributed by atoms with Crippen molar-refractivity contribution in [2.75, 3.05) is 13.1 Å². The Hall–Kier alpha value is -1.42. The van der Waals surface area contributed by atoms with Crippen LogP contribution in [0.1, 0.15) is 17.5 Å². The second-order valence-corrected chi connectivity index (χ2v) is 6.41. The lowest BCUT2D eigenvalue weighted by Crippen LogP contribution is -2.32. The van der Waals surface area contributed by atoms with Gasteiger partial charge in [-0.2, -0.15) is 9.57 Å². The highest BCUT2D eigenvalue weighted by atomic mass is 32.2. The number of hydrogen-bond donors (Lipinski definition) is 1. The molecule has 0 amide bonds. The molecule has 0 bridgehead atoms. The van der Waals surface area contributed by atoms with Gasteiger partial charge in [0, 0.05) is 19.1 Å². The van der Waals surface area contributed by atoms with E-state index in [0.29, 0.717) is 30.6 Å². The van der Waals surface area contributed by atoms with Crippen molar-refractivity contribution < 1.29 is 8.42 Å². The Morgan fingerprint density at radius 2 is 2.22 bits per heavy atom. The van der Waals surface area contributed by atoms with Crippen LogP contribution < -0.4 is 5.73 Å². The van der Waals surface area contributed by atoms with Crippen LogP contribution in [-0.4, -0.2) is 31.9 Å². The first-order valence-electron chi connectivity index (χ1n) is 5.71. The predicted octanol–water partition coefficient (Wildman–Crippen LogP) is 0.588. The first-order chi connectivity index (χ1) is 8.45. The fraction of sp³-hybridized carbons (Fsp3) is 0.417. The summed E-state index contributed by atoms with van der Waals surface area (Å²) in [6, 6.07) is 6.51. The SMILES string of the molecule is Cc1cc(C#N)ccc1S(=O)(=O)N1CC[C@H](N)C1. The number of sulfonamides is 1. The minimum atomic E-state index is -3.48. The van der Waals surface area contributed by atoms with Gasteiger partial charge in [0.25, 0.3) is 0 Å². The van der Waals surface area contributed by atoms with Gasteiger partial charge >= 0.3 is 0 Å². The van der Waals surface area contributed by atoms with E-state index in [9.17, 15) is 8.42 Å². The minimum Gasteiger partial charge on any atom is -0.326 e. The van der Waals surface area contributed by atoms with Crippen molar-refractivity contribution >= 4 is 10.0 Å². The lowest BCUT2D eigenvalue weighted by Gasteiger charge is -2.17. The second-order valence-electron chi connectivity index (χ2n) is 4.50. The molecule has 1 saturated heterocycles. The van der Waals surface area contributed by atoms with Crippen LogP contribution in [0, 0.1) is 18.3 Å². The predicted molar refractivity (Wildman–Crippen MR) is 67.2 cm³/mol. The summed E-state index contributed by atoms with van der Waals surface area (Å²) >= 11 is 0. The number of hydrogen-bond acceptors (Lipinski definition) is 4. The zero-order valence-electron chi connectivity index (χ0n) is 10.1. The van der Waals surface area contributed by atoms with Gasteiger partial charge in [-0.15, -0.1) is 0 Å². The highest BCUT2D eigenvalue weighted by molar-refractivity contribution is 7.89. The molecule has 0 aromatic heterocycles. The molecule has 1 aliphatic rings. The first kappa shape index (κ1) is 13.0. The van der Waals surface area contributed by atoms with Gasteiger partial charge in [0.1, 0.15) is 0 Å². The number of nitrogens with zero attached hydrogens (tertiary/aromatic N) is 2. The Kier molecular flexibility index (Phi) is 3.39. The molecule has 2 N–H and O–H groups in total. The Morgan fingerprint density at radius 1 is 1.50 bits per heavy atom. The zero-order valence-corrected chi connectivity index (χ0v) is 10.9. The number of benzene rings is 1. The van der Waals surface area contributed by atoms with Gasteiger partial charge in [-0.25, -0.2) is 8.42 Å². The quantitative estimate of drug-likeness (QED) is 0.847. The van der Waals surface area contributed by atoms with Gasteiger partial charge in [0.2, 0.25) is 10.0 Å². The summed E-state index contributed by atoms with van der Waals surface area (Å²) in [4.78, 5) is 0.260. The molecule has 0 radical (unpaired) electrons. The standard InChI is InChI=1S/C12H15N3O2S/c1-9-6-10(7-13)2-3-12(9)18(16,17)15-5-4-11(14)8-15/h2-3,6,11H,4-5,8,14H2,1H3/t11-/m0/s1.